The number of hydrogen-bond acceptors (Lipinski definition) is 3. The van der Waals surface area contributed by atoms with Crippen LogP contribution in [-0.2, 0) is 4.79 Å². The van der Waals surface area contributed by atoms with Gasteiger partial charge in [0.25, 0.3) is 0 Å². The van der Waals surface area contributed by atoms with E-state index in [0.29, 0.717) is 12.6 Å². The highest BCUT2D eigenvalue weighted by Crippen LogP contribution is 2.29. The van der Waals surface area contributed by atoms with Crippen molar-refractivity contribution in [3.8, 4) is 0 Å². The molecule has 4 heteroatoms. The summed E-state index contributed by atoms with van der Waals surface area (Å²) in [5.74, 6) is 0.314. The van der Waals surface area contributed by atoms with Crippen LogP contribution < -0.4 is 11.1 Å². The molecule has 2 atom stereocenters. The summed E-state index contributed by atoms with van der Waals surface area (Å²) < 4.78 is 0. The molecule has 0 aromatic carbocycles. The molecule has 1 saturated carbocycles. The third kappa shape index (κ3) is 3.68. The summed E-state index contributed by atoms with van der Waals surface area (Å²) in [6, 6.07) is 1.20. The lowest BCUT2D eigenvalue weighted by molar-refractivity contribution is -0.125. The summed E-state index contributed by atoms with van der Waals surface area (Å²) in [7, 11) is 0. The van der Waals surface area contributed by atoms with Gasteiger partial charge in [0, 0.05) is 31.1 Å². The highest BCUT2D eigenvalue weighted by atomic mass is 16.1. The predicted octanol–water partition coefficient (Wildman–Crippen LogP) is 0.714. The molecule has 3 N–H and O–H groups in total. The largest absolute Gasteiger partial charge is 0.352 e. The molecule has 4 nitrogen and oxygen atoms in total. The molecule has 1 amide bonds. The lowest BCUT2D eigenvalue weighted by Crippen LogP contribution is -2.40. The second-order valence-corrected chi connectivity index (χ2v) is 5.55. The van der Waals surface area contributed by atoms with Crippen molar-refractivity contribution in [3.63, 3.8) is 0 Å². The molecule has 1 heterocycles. The van der Waals surface area contributed by atoms with Gasteiger partial charge in [0.15, 0.2) is 0 Å². The van der Waals surface area contributed by atoms with Crippen LogP contribution in [0.5, 0.6) is 0 Å². The molecule has 1 saturated heterocycles. The van der Waals surface area contributed by atoms with Crippen molar-refractivity contribution >= 4 is 5.91 Å². The monoisotopic (exact) mass is 239 g/mol. The van der Waals surface area contributed by atoms with Gasteiger partial charge in [0.2, 0.25) is 5.91 Å². The van der Waals surface area contributed by atoms with Crippen molar-refractivity contribution in [2.75, 3.05) is 19.6 Å². The first-order valence-electron chi connectivity index (χ1n) is 6.95. The van der Waals surface area contributed by atoms with Crippen LogP contribution in [-0.4, -0.2) is 42.5 Å². The maximum absolute atomic E-state index is 11.9. The number of likely N-dealkylation sites (tertiary alicyclic amines) is 1. The van der Waals surface area contributed by atoms with Crippen LogP contribution >= 0.6 is 0 Å². The normalized spacial score (nSPS) is 27.1. The van der Waals surface area contributed by atoms with Crippen LogP contribution in [0.25, 0.3) is 0 Å². The van der Waals surface area contributed by atoms with E-state index >= 15 is 0 Å². The minimum Gasteiger partial charge on any atom is -0.352 e. The van der Waals surface area contributed by atoms with E-state index in [0.717, 1.165) is 38.4 Å². The molecular weight excluding hydrogens is 214 g/mol. The third-order valence-corrected chi connectivity index (χ3v) is 3.92. The molecule has 0 bridgehead atoms. The molecule has 98 valence electrons. The quantitative estimate of drug-likeness (QED) is 0.718. The Labute approximate surface area is 104 Å². The van der Waals surface area contributed by atoms with Crippen molar-refractivity contribution in [3.05, 3.63) is 0 Å². The molecule has 2 aliphatic rings. The second kappa shape index (κ2) is 5.83. The van der Waals surface area contributed by atoms with E-state index in [2.05, 4.69) is 10.2 Å². The molecule has 0 spiro atoms. The Bertz CT molecular complexity index is 265. The Morgan fingerprint density at radius 2 is 2.24 bits per heavy atom. The van der Waals surface area contributed by atoms with E-state index in [-0.39, 0.29) is 11.8 Å². The maximum Gasteiger partial charge on any atom is 0.223 e. The molecule has 2 rings (SSSR count). The minimum absolute atomic E-state index is 0.105. The van der Waals surface area contributed by atoms with Gasteiger partial charge in [-0.05, 0) is 38.6 Å². The first-order chi connectivity index (χ1) is 8.20. The summed E-state index contributed by atoms with van der Waals surface area (Å²) in [6.45, 7) is 4.89. The number of nitrogens with one attached hydrogen (secondary N) is 1. The Kier molecular flexibility index (Phi) is 4.40. The zero-order valence-corrected chi connectivity index (χ0v) is 10.8. The van der Waals surface area contributed by atoms with E-state index in [9.17, 15) is 4.79 Å². The van der Waals surface area contributed by atoms with Crippen LogP contribution in [0.2, 0.25) is 0 Å². The van der Waals surface area contributed by atoms with Gasteiger partial charge in [-0.1, -0.05) is 6.92 Å². The number of nitrogens with zero attached hydrogens (tertiary/aromatic N) is 1. The van der Waals surface area contributed by atoms with Crippen LogP contribution in [0.15, 0.2) is 0 Å². The summed E-state index contributed by atoms with van der Waals surface area (Å²) in [5, 5.41) is 3.18. The van der Waals surface area contributed by atoms with Gasteiger partial charge in [-0.3, -0.25) is 9.69 Å². The lowest BCUT2D eigenvalue weighted by atomic mass is 10.0. The number of amides is 1. The van der Waals surface area contributed by atoms with Crippen LogP contribution in [0.1, 0.15) is 39.0 Å². The number of carbonyl (C=O) groups is 1. The molecule has 17 heavy (non-hydrogen) atoms. The fourth-order valence-corrected chi connectivity index (χ4v) is 2.58. The maximum atomic E-state index is 11.9. The zero-order chi connectivity index (χ0) is 12.3. The number of hydrogen-bond donors (Lipinski definition) is 2. The average molecular weight is 239 g/mol. The second-order valence-electron chi connectivity index (χ2n) is 5.55. The summed E-state index contributed by atoms with van der Waals surface area (Å²) in [5.41, 5.74) is 5.46. The molecule has 2 unspecified atom stereocenters. The number of rotatable bonds is 6. The van der Waals surface area contributed by atoms with Crippen molar-refractivity contribution in [2.24, 2.45) is 11.7 Å². The van der Waals surface area contributed by atoms with E-state index < -0.39 is 0 Å². The Hall–Kier alpha value is -0.610. The van der Waals surface area contributed by atoms with Gasteiger partial charge in [-0.2, -0.15) is 0 Å². The Balaban J connectivity index is 1.67. The van der Waals surface area contributed by atoms with Crippen molar-refractivity contribution < 1.29 is 4.79 Å². The highest BCUT2D eigenvalue weighted by Gasteiger charge is 2.34. The van der Waals surface area contributed by atoms with Crippen LogP contribution in [0.4, 0.5) is 0 Å². The standard InChI is InChI=1S/C13H25N3O/c1-10(3-2-7-14)13(17)15-11-6-8-16(9-11)12-4-5-12/h10-12H,2-9,14H2,1H3,(H,15,17). The minimum atomic E-state index is 0.105. The fourth-order valence-electron chi connectivity index (χ4n) is 2.58. The van der Waals surface area contributed by atoms with Gasteiger partial charge in [-0.15, -0.1) is 0 Å². The zero-order valence-electron chi connectivity index (χ0n) is 10.8. The van der Waals surface area contributed by atoms with E-state index in [1.165, 1.54) is 12.8 Å². The van der Waals surface area contributed by atoms with Gasteiger partial charge >= 0.3 is 0 Å². The first-order valence-corrected chi connectivity index (χ1v) is 6.95. The molecule has 0 aromatic rings. The van der Waals surface area contributed by atoms with Crippen molar-refractivity contribution in [1.29, 1.82) is 0 Å². The van der Waals surface area contributed by atoms with E-state index in [4.69, 9.17) is 5.73 Å². The van der Waals surface area contributed by atoms with Crippen LogP contribution in [0, 0.1) is 5.92 Å². The average Bonchev–Trinajstić information content (AvgIpc) is 3.07. The van der Waals surface area contributed by atoms with Gasteiger partial charge in [-0.25, -0.2) is 0 Å². The summed E-state index contributed by atoms with van der Waals surface area (Å²) in [4.78, 5) is 14.4. The molecule has 0 radical (unpaired) electrons. The SMILES string of the molecule is CC(CCCN)C(=O)NC1CCN(C2CC2)C1. The predicted molar refractivity (Wildman–Crippen MR) is 68.6 cm³/mol. The first kappa shape index (κ1) is 12.8. The summed E-state index contributed by atoms with van der Waals surface area (Å²) in [6.07, 6.45) is 5.67. The van der Waals surface area contributed by atoms with Crippen molar-refractivity contribution in [2.45, 2.75) is 51.1 Å². The van der Waals surface area contributed by atoms with Crippen LogP contribution in [0.3, 0.4) is 0 Å². The molecule has 1 aliphatic carbocycles. The fraction of sp³-hybridized carbons (Fsp3) is 0.923. The van der Waals surface area contributed by atoms with Gasteiger partial charge in [0.05, 0.1) is 0 Å². The smallest absolute Gasteiger partial charge is 0.223 e. The number of carbonyl (C=O) groups excluding carboxylic acids is 1. The third-order valence-electron chi connectivity index (χ3n) is 3.92. The van der Waals surface area contributed by atoms with Crippen molar-refractivity contribution in [1.82, 2.24) is 10.2 Å². The van der Waals surface area contributed by atoms with Gasteiger partial charge < -0.3 is 11.1 Å². The van der Waals surface area contributed by atoms with E-state index in [1.54, 1.807) is 0 Å². The topological polar surface area (TPSA) is 58.4 Å². The highest BCUT2D eigenvalue weighted by molar-refractivity contribution is 5.78. The molecule has 0 aromatic heterocycles. The Morgan fingerprint density at radius 3 is 2.88 bits per heavy atom. The van der Waals surface area contributed by atoms with Gasteiger partial charge in [0.1, 0.15) is 0 Å². The Morgan fingerprint density at radius 1 is 1.47 bits per heavy atom. The molecule has 1 aliphatic heterocycles. The molecule has 2 fully saturated rings. The van der Waals surface area contributed by atoms with E-state index in [1.807, 2.05) is 6.92 Å². The summed E-state index contributed by atoms with van der Waals surface area (Å²) >= 11 is 0. The number of nitrogens with two attached hydrogens (primary N) is 1. The lowest BCUT2D eigenvalue weighted by Gasteiger charge is -2.18. The molecular formula is C13H25N3O.